The van der Waals surface area contributed by atoms with Crippen molar-refractivity contribution in [1.29, 1.82) is 0 Å². The predicted molar refractivity (Wildman–Crippen MR) is 78.5 cm³/mol. The molecule has 0 aliphatic heterocycles. The van der Waals surface area contributed by atoms with Crippen LogP contribution in [0.1, 0.15) is 37.3 Å². The van der Waals surface area contributed by atoms with Crippen LogP contribution in [0.5, 0.6) is 0 Å². The highest BCUT2D eigenvalue weighted by Crippen LogP contribution is 2.34. The van der Waals surface area contributed by atoms with Gasteiger partial charge in [-0.2, -0.15) is 5.10 Å². The molecule has 0 aliphatic rings. The Kier molecular flexibility index (Phi) is 4.43. The van der Waals surface area contributed by atoms with Gasteiger partial charge in [0.15, 0.2) is 0 Å². The van der Waals surface area contributed by atoms with Gasteiger partial charge in [-0.25, -0.2) is 4.39 Å². The summed E-state index contributed by atoms with van der Waals surface area (Å²) in [5.41, 5.74) is 1.09. The zero-order valence-corrected chi connectivity index (χ0v) is 13.6. The van der Waals surface area contributed by atoms with Gasteiger partial charge in [0.05, 0.1) is 20.8 Å². The molecule has 0 aliphatic carbocycles. The van der Waals surface area contributed by atoms with E-state index in [1.165, 1.54) is 6.07 Å². The largest absolute Gasteiger partial charge is 0.382 e. The van der Waals surface area contributed by atoms with Crippen molar-refractivity contribution in [2.24, 2.45) is 0 Å². The number of hydrogen-bond donors (Lipinski definition) is 1. The number of rotatable bonds is 3. The number of nitrogens with zero attached hydrogens (tertiary/aromatic N) is 2. The second-order valence-electron chi connectivity index (χ2n) is 4.46. The van der Waals surface area contributed by atoms with E-state index in [1.807, 2.05) is 13.8 Å². The van der Waals surface area contributed by atoms with E-state index in [2.05, 4.69) is 37.0 Å². The van der Waals surface area contributed by atoms with E-state index in [0.717, 1.165) is 0 Å². The zero-order valence-electron chi connectivity index (χ0n) is 10.4. The van der Waals surface area contributed by atoms with Crippen molar-refractivity contribution in [3.8, 4) is 0 Å². The summed E-state index contributed by atoms with van der Waals surface area (Å²) in [7, 11) is 0. The van der Waals surface area contributed by atoms with Crippen LogP contribution in [0.4, 0.5) is 4.39 Å². The molecule has 0 spiro atoms. The Balaban J connectivity index is 2.53. The van der Waals surface area contributed by atoms with Crippen molar-refractivity contribution in [1.82, 2.24) is 9.78 Å². The first-order valence-corrected chi connectivity index (χ1v) is 7.37. The lowest BCUT2D eigenvalue weighted by atomic mass is 10.1. The first kappa shape index (κ1) is 14.7. The van der Waals surface area contributed by atoms with Crippen molar-refractivity contribution < 1.29 is 9.50 Å². The Morgan fingerprint density at radius 2 is 2.00 bits per heavy atom. The van der Waals surface area contributed by atoms with Crippen LogP contribution in [0, 0.1) is 5.82 Å². The van der Waals surface area contributed by atoms with Crippen molar-refractivity contribution in [2.75, 3.05) is 0 Å². The highest BCUT2D eigenvalue weighted by atomic mass is 79.9. The maximum atomic E-state index is 13.5. The molecule has 0 saturated heterocycles. The fourth-order valence-corrected chi connectivity index (χ4v) is 2.87. The Hall–Kier alpha value is -0.720. The second-order valence-corrected chi connectivity index (χ2v) is 6.11. The van der Waals surface area contributed by atoms with Crippen LogP contribution in [-0.4, -0.2) is 14.9 Å². The van der Waals surface area contributed by atoms with Gasteiger partial charge in [-0.3, -0.25) is 4.68 Å². The van der Waals surface area contributed by atoms with Crippen LogP contribution in [0.25, 0.3) is 0 Å². The fourth-order valence-electron chi connectivity index (χ4n) is 1.90. The molecule has 1 heterocycles. The summed E-state index contributed by atoms with van der Waals surface area (Å²) in [6, 6.07) is 4.70. The van der Waals surface area contributed by atoms with Crippen molar-refractivity contribution in [3.05, 3.63) is 50.4 Å². The maximum Gasteiger partial charge on any atom is 0.137 e. The van der Waals surface area contributed by atoms with Gasteiger partial charge in [-0.15, -0.1) is 0 Å². The molecule has 3 nitrogen and oxygen atoms in total. The van der Waals surface area contributed by atoms with Crippen LogP contribution in [0.2, 0.25) is 0 Å². The van der Waals surface area contributed by atoms with Crippen LogP contribution in [-0.2, 0) is 0 Å². The summed E-state index contributed by atoms with van der Waals surface area (Å²) in [5, 5.41) is 14.7. The molecule has 1 N–H and O–H groups in total. The van der Waals surface area contributed by atoms with Crippen molar-refractivity contribution >= 4 is 31.9 Å². The maximum absolute atomic E-state index is 13.5. The van der Waals surface area contributed by atoms with Crippen molar-refractivity contribution in [2.45, 2.75) is 26.0 Å². The highest BCUT2D eigenvalue weighted by Gasteiger charge is 2.23. The van der Waals surface area contributed by atoms with Gasteiger partial charge in [-0.1, -0.05) is 12.1 Å². The zero-order chi connectivity index (χ0) is 14.2. The number of halogens is 3. The molecule has 1 unspecified atom stereocenters. The van der Waals surface area contributed by atoms with Gasteiger partial charge >= 0.3 is 0 Å². The Labute approximate surface area is 127 Å². The average Bonchev–Trinajstić information content (AvgIpc) is 2.74. The van der Waals surface area contributed by atoms with Gasteiger partial charge in [-0.05, 0) is 51.8 Å². The smallest absolute Gasteiger partial charge is 0.137 e. The standard InChI is InChI=1S/C13H13Br2FN2O/c1-7(2)18-12(9(14)6-17-18)13(19)8-4-3-5-10(16)11(8)15/h3-7,13,19H,1-2H3. The number of aromatic nitrogens is 2. The molecule has 0 radical (unpaired) electrons. The molecule has 1 atom stereocenters. The molecule has 1 aromatic heterocycles. The second kappa shape index (κ2) is 5.73. The minimum Gasteiger partial charge on any atom is -0.382 e. The van der Waals surface area contributed by atoms with Gasteiger partial charge in [0, 0.05) is 11.6 Å². The topological polar surface area (TPSA) is 38.0 Å². The Morgan fingerprint density at radius 1 is 1.32 bits per heavy atom. The van der Waals surface area contributed by atoms with E-state index in [9.17, 15) is 9.50 Å². The molecule has 1 aromatic carbocycles. The van der Waals surface area contributed by atoms with Gasteiger partial charge < -0.3 is 5.11 Å². The Bertz CT molecular complexity index is 598. The third-order valence-electron chi connectivity index (χ3n) is 2.81. The van der Waals surface area contributed by atoms with Gasteiger partial charge in [0.2, 0.25) is 0 Å². The molecule has 0 bridgehead atoms. The summed E-state index contributed by atoms with van der Waals surface area (Å²) in [6.07, 6.45) is 0.676. The monoisotopic (exact) mass is 390 g/mol. The third-order valence-corrected chi connectivity index (χ3v) is 4.26. The van der Waals surface area contributed by atoms with Crippen LogP contribution < -0.4 is 0 Å². The summed E-state index contributed by atoms with van der Waals surface area (Å²) in [4.78, 5) is 0. The van der Waals surface area contributed by atoms with E-state index >= 15 is 0 Å². The third kappa shape index (κ3) is 2.75. The average molecular weight is 392 g/mol. The molecule has 0 saturated carbocycles. The van der Waals surface area contributed by atoms with Crippen LogP contribution >= 0.6 is 31.9 Å². The van der Waals surface area contributed by atoms with Crippen molar-refractivity contribution in [3.63, 3.8) is 0 Å². The first-order chi connectivity index (χ1) is 8.93. The lowest BCUT2D eigenvalue weighted by Gasteiger charge is -2.18. The molecule has 6 heteroatoms. The number of aliphatic hydroxyl groups excluding tert-OH is 1. The number of benzene rings is 1. The van der Waals surface area contributed by atoms with E-state index in [-0.39, 0.29) is 10.5 Å². The quantitative estimate of drug-likeness (QED) is 0.850. The summed E-state index contributed by atoms with van der Waals surface area (Å²) in [6.45, 7) is 3.94. The van der Waals surface area contributed by atoms with E-state index in [0.29, 0.717) is 15.7 Å². The summed E-state index contributed by atoms with van der Waals surface area (Å²) >= 11 is 6.55. The van der Waals surface area contributed by atoms with Gasteiger partial charge in [0.1, 0.15) is 11.9 Å². The molecule has 2 aromatic rings. The van der Waals surface area contributed by atoms with Crippen LogP contribution in [0.15, 0.2) is 33.3 Å². The highest BCUT2D eigenvalue weighted by molar-refractivity contribution is 9.10. The lowest BCUT2D eigenvalue weighted by Crippen LogP contribution is -2.13. The minimum absolute atomic E-state index is 0.100. The molecule has 102 valence electrons. The van der Waals surface area contributed by atoms with E-state index < -0.39 is 11.9 Å². The number of aliphatic hydroxyl groups is 1. The number of hydrogen-bond acceptors (Lipinski definition) is 2. The molecule has 19 heavy (non-hydrogen) atoms. The molecular formula is C13H13Br2FN2O. The normalized spacial score (nSPS) is 13.0. The van der Waals surface area contributed by atoms with E-state index in [4.69, 9.17) is 0 Å². The summed E-state index contributed by atoms with van der Waals surface area (Å²) in [5.74, 6) is -0.400. The molecular weight excluding hydrogens is 379 g/mol. The van der Waals surface area contributed by atoms with E-state index in [1.54, 1.807) is 23.0 Å². The SMILES string of the molecule is CC(C)n1ncc(Br)c1C(O)c1cccc(F)c1Br. The van der Waals surface area contributed by atoms with Gasteiger partial charge in [0.25, 0.3) is 0 Å². The molecule has 0 fully saturated rings. The molecule has 0 amide bonds. The lowest BCUT2D eigenvalue weighted by molar-refractivity contribution is 0.203. The van der Waals surface area contributed by atoms with Crippen LogP contribution in [0.3, 0.4) is 0 Å². The summed E-state index contributed by atoms with van der Waals surface area (Å²) < 4.78 is 16.2. The predicted octanol–water partition coefficient (Wildman–Crippen LogP) is 4.21. The first-order valence-electron chi connectivity index (χ1n) is 5.78. The fraction of sp³-hybridized carbons (Fsp3) is 0.308. The Morgan fingerprint density at radius 3 is 2.63 bits per heavy atom. The minimum atomic E-state index is -0.954. The molecule has 2 rings (SSSR count).